The Labute approximate surface area is 60.4 Å². The molecule has 0 fully saturated rings. The minimum absolute atomic E-state index is 0.926. The number of hydrogen-bond acceptors (Lipinski definition) is 3. The predicted molar refractivity (Wildman–Crippen MR) is 38.9 cm³/mol. The van der Waals surface area contributed by atoms with Crippen molar-refractivity contribution in [1.29, 1.82) is 0 Å². The lowest BCUT2D eigenvalue weighted by Crippen LogP contribution is -2.10. The minimum Gasteiger partial charge on any atom is -0.361 e. The van der Waals surface area contributed by atoms with Gasteiger partial charge in [0.2, 0.25) is 0 Å². The Morgan fingerprint density at radius 2 is 2.50 bits per heavy atom. The molecule has 1 aromatic heterocycles. The van der Waals surface area contributed by atoms with Crippen molar-refractivity contribution in [3.63, 3.8) is 0 Å². The van der Waals surface area contributed by atoms with Gasteiger partial charge in [-0.3, -0.25) is 0 Å². The molecule has 1 aromatic rings. The maximum absolute atomic E-state index is 4.88. The van der Waals surface area contributed by atoms with Gasteiger partial charge in [0.15, 0.2) is 0 Å². The molecule has 0 saturated carbocycles. The molecule has 0 unspecified atom stereocenters. The van der Waals surface area contributed by atoms with Crippen molar-refractivity contribution < 1.29 is 4.52 Å². The largest absolute Gasteiger partial charge is 0.361 e. The molecule has 0 radical (unpaired) electrons. The molecule has 0 amide bonds. The van der Waals surface area contributed by atoms with E-state index in [1.807, 2.05) is 14.0 Å². The minimum atomic E-state index is 0.926. The second-order valence-electron chi connectivity index (χ2n) is 2.26. The second-order valence-corrected chi connectivity index (χ2v) is 2.26. The molecule has 3 nitrogen and oxygen atoms in total. The van der Waals surface area contributed by atoms with Crippen LogP contribution in [0.25, 0.3) is 0 Å². The molecule has 0 aromatic carbocycles. The summed E-state index contributed by atoms with van der Waals surface area (Å²) in [4.78, 5) is 0. The zero-order valence-corrected chi connectivity index (χ0v) is 6.35. The van der Waals surface area contributed by atoms with Crippen LogP contribution in [0.3, 0.4) is 0 Å². The number of nitrogens with zero attached hydrogens (tertiary/aromatic N) is 1. The molecule has 1 heterocycles. The van der Waals surface area contributed by atoms with Gasteiger partial charge in [-0.25, -0.2) is 0 Å². The molecule has 0 atom stereocenters. The molecule has 0 spiro atoms. The fourth-order valence-corrected chi connectivity index (χ4v) is 0.819. The molecule has 0 aliphatic carbocycles. The number of aryl methyl sites for hydroxylation is 1. The second kappa shape index (κ2) is 3.37. The summed E-state index contributed by atoms with van der Waals surface area (Å²) in [6.07, 6.45) is 2.76. The molecule has 0 aliphatic heterocycles. The zero-order chi connectivity index (χ0) is 7.40. The van der Waals surface area contributed by atoms with E-state index in [4.69, 9.17) is 4.52 Å². The maximum Gasteiger partial charge on any atom is 0.136 e. The number of nitrogens with one attached hydrogen (secondary N) is 1. The van der Waals surface area contributed by atoms with Gasteiger partial charge in [-0.1, -0.05) is 5.16 Å². The quantitative estimate of drug-likeness (QED) is 0.673. The molecule has 0 saturated heterocycles. The molecule has 56 valence electrons. The number of hydrogen-bond donors (Lipinski definition) is 1. The van der Waals surface area contributed by atoms with Crippen molar-refractivity contribution >= 4 is 0 Å². The third kappa shape index (κ3) is 1.57. The van der Waals surface area contributed by atoms with Gasteiger partial charge in [0, 0.05) is 5.56 Å². The Morgan fingerprint density at radius 1 is 1.70 bits per heavy atom. The van der Waals surface area contributed by atoms with Crippen molar-refractivity contribution in [3.8, 4) is 0 Å². The molecule has 1 N–H and O–H groups in total. The van der Waals surface area contributed by atoms with E-state index in [1.165, 1.54) is 5.56 Å². The number of likely N-dealkylation sites (N-methyl/N-ethyl adjacent to an activating group) is 1. The first-order valence-corrected chi connectivity index (χ1v) is 3.39. The van der Waals surface area contributed by atoms with Gasteiger partial charge >= 0.3 is 0 Å². The third-order valence-electron chi connectivity index (χ3n) is 1.49. The van der Waals surface area contributed by atoms with Gasteiger partial charge in [-0.15, -0.1) is 0 Å². The average molecular weight is 140 g/mol. The summed E-state index contributed by atoms with van der Waals surface area (Å²) in [7, 11) is 1.93. The lowest BCUT2D eigenvalue weighted by atomic mass is 10.2. The first-order chi connectivity index (χ1) is 4.84. The highest BCUT2D eigenvalue weighted by Gasteiger charge is 1.99. The van der Waals surface area contributed by atoms with Crippen LogP contribution in [-0.2, 0) is 6.42 Å². The van der Waals surface area contributed by atoms with E-state index >= 15 is 0 Å². The smallest absolute Gasteiger partial charge is 0.136 e. The summed E-state index contributed by atoms with van der Waals surface area (Å²) in [5.41, 5.74) is 1.19. The van der Waals surface area contributed by atoms with E-state index in [0.717, 1.165) is 18.7 Å². The summed E-state index contributed by atoms with van der Waals surface area (Å²) in [6, 6.07) is 0. The molecular weight excluding hydrogens is 128 g/mol. The van der Waals surface area contributed by atoms with Crippen LogP contribution in [0.15, 0.2) is 10.7 Å². The van der Waals surface area contributed by atoms with Crippen molar-refractivity contribution in [1.82, 2.24) is 10.5 Å². The topological polar surface area (TPSA) is 38.1 Å². The summed E-state index contributed by atoms with van der Waals surface area (Å²) in [5, 5.41) is 6.74. The average Bonchev–Trinajstić information content (AvgIpc) is 2.31. The van der Waals surface area contributed by atoms with Crippen LogP contribution < -0.4 is 5.32 Å². The Bertz CT molecular complexity index is 195. The molecule has 1 rings (SSSR count). The normalized spacial score (nSPS) is 10.2. The zero-order valence-electron chi connectivity index (χ0n) is 6.35. The lowest BCUT2D eigenvalue weighted by molar-refractivity contribution is 0.396. The van der Waals surface area contributed by atoms with Crippen LogP contribution >= 0.6 is 0 Å². The molecule has 0 aliphatic rings. The molecule has 3 heteroatoms. The highest BCUT2D eigenvalue weighted by molar-refractivity contribution is 5.11. The first-order valence-electron chi connectivity index (χ1n) is 3.39. The Morgan fingerprint density at radius 3 is 3.00 bits per heavy atom. The van der Waals surface area contributed by atoms with E-state index in [2.05, 4.69) is 10.5 Å². The SMILES string of the molecule is CNCCc1cnoc1C. The van der Waals surface area contributed by atoms with Gasteiger partial charge in [-0.2, -0.15) is 0 Å². The Kier molecular flexibility index (Phi) is 2.45. The van der Waals surface area contributed by atoms with Crippen LogP contribution in [0, 0.1) is 6.92 Å². The van der Waals surface area contributed by atoms with Gasteiger partial charge in [-0.05, 0) is 26.9 Å². The van der Waals surface area contributed by atoms with E-state index in [1.54, 1.807) is 6.20 Å². The van der Waals surface area contributed by atoms with Crippen LogP contribution in [0.2, 0.25) is 0 Å². The van der Waals surface area contributed by atoms with E-state index < -0.39 is 0 Å². The molecular formula is C7H12N2O. The number of aromatic nitrogens is 1. The van der Waals surface area contributed by atoms with Crippen LogP contribution in [-0.4, -0.2) is 18.7 Å². The Balaban J connectivity index is 2.49. The predicted octanol–water partition coefficient (Wildman–Crippen LogP) is 0.745. The highest BCUT2D eigenvalue weighted by atomic mass is 16.5. The van der Waals surface area contributed by atoms with Crippen molar-refractivity contribution in [2.24, 2.45) is 0 Å². The van der Waals surface area contributed by atoms with Crippen molar-refractivity contribution in [2.75, 3.05) is 13.6 Å². The Hall–Kier alpha value is -0.830. The summed E-state index contributed by atoms with van der Waals surface area (Å²) < 4.78 is 4.88. The van der Waals surface area contributed by atoms with Crippen molar-refractivity contribution in [3.05, 3.63) is 17.5 Å². The fraction of sp³-hybridized carbons (Fsp3) is 0.571. The maximum atomic E-state index is 4.88. The summed E-state index contributed by atoms with van der Waals surface area (Å²) >= 11 is 0. The standard InChI is InChI=1S/C7H12N2O/c1-6-7(3-4-8-2)5-9-10-6/h5,8H,3-4H2,1-2H3. The third-order valence-corrected chi connectivity index (χ3v) is 1.49. The van der Waals surface area contributed by atoms with Gasteiger partial charge < -0.3 is 9.84 Å². The first kappa shape index (κ1) is 7.28. The van der Waals surface area contributed by atoms with E-state index in [-0.39, 0.29) is 0 Å². The number of rotatable bonds is 3. The molecule has 10 heavy (non-hydrogen) atoms. The van der Waals surface area contributed by atoms with Crippen molar-refractivity contribution in [2.45, 2.75) is 13.3 Å². The van der Waals surface area contributed by atoms with Crippen LogP contribution in [0.5, 0.6) is 0 Å². The highest BCUT2D eigenvalue weighted by Crippen LogP contribution is 2.05. The lowest BCUT2D eigenvalue weighted by Gasteiger charge is -1.94. The van der Waals surface area contributed by atoms with Gasteiger partial charge in [0.05, 0.1) is 6.20 Å². The fourth-order valence-electron chi connectivity index (χ4n) is 0.819. The summed E-state index contributed by atoms with van der Waals surface area (Å²) in [5.74, 6) is 0.926. The van der Waals surface area contributed by atoms with E-state index in [9.17, 15) is 0 Å². The van der Waals surface area contributed by atoms with Gasteiger partial charge in [0.25, 0.3) is 0 Å². The summed E-state index contributed by atoms with van der Waals surface area (Å²) in [6.45, 7) is 2.90. The van der Waals surface area contributed by atoms with Crippen LogP contribution in [0.4, 0.5) is 0 Å². The van der Waals surface area contributed by atoms with Gasteiger partial charge in [0.1, 0.15) is 5.76 Å². The van der Waals surface area contributed by atoms with E-state index in [0.29, 0.717) is 0 Å². The van der Waals surface area contributed by atoms with Crippen LogP contribution in [0.1, 0.15) is 11.3 Å². The monoisotopic (exact) mass is 140 g/mol. The molecule has 0 bridgehead atoms.